The minimum Gasteiger partial charge on any atom is -0.457 e. The maximum atomic E-state index is 7.04. The third-order valence-electron chi connectivity index (χ3n) is 18.6. The van der Waals surface area contributed by atoms with Crippen LogP contribution in [-0.2, 0) is 21.7 Å². The van der Waals surface area contributed by atoms with Gasteiger partial charge in [-0.05, 0) is 166 Å². The van der Waals surface area contributed by atoms with Crippen LogP contribution in [0.2, 0.25) is 0 Å². The molecule has 2 nitrogen and oxygen atoms in total. The van der Waals surface area contributed by atoms with Crippen LogP contribution in [0.15, 0.2) is 164 Å². The van der Waals surface area contributed by atoms with Crippen LogP contribution in [0.25, 0.3) is 11.1 Å². The highest BCUT2D eigenvalue weighted by atomic mass is 16.5. The van der Waals surface area contributed by atoms with Gasteiger partial charge in [0.25, 0.3) is 0 Å². The SMILES string of the molecule is CC1(C)CCC(C)(C)c2cc(N(c3ccc4c(c3)C3(c5ccccc5O4)C4CC5CC6CC3C4(C5)C6)c3cccc4c3-c3ccccc3C4(c3ccccc3)c3ccccc3)ccc21. The second kappa shape index (κ2) is 12.7. The van der Waals surface area contributed by atoms with Gasteiger partial charge in [-0.3, -0.25) is 0 Å². The third kappa shape index (κ3) is 4.58. The van der Waals surface area contributed by atoms with Gasteiger partial charge in [0, 0.05) is 33.5 Å². The number of benzene rings is 7. The maximum absolute atomic E-state index is 7.04. The molecule has 2 spiro atoms. The van der Waals surface area contributed by atoms with Gasteiger partial charge in [0.2, 0.25) is 0 Å². The zero-order chi connectivity index (χ0) is 42.8. The van der Waals surface area contributed by atoms with Gasteiger partial charge in [-0.1, -0.05) is 149 Å². The van der Waals surface area contributed by atoms with E-state index in [0.29, 0.717) is 17.3 Å². The Labute approximate surface area is 379 Å². The topological polar surface area (TPSA) is 12.5 Å². The quantitative estimate of drug-likeness (QED) is 0.171. The largest absolute Gasteiger partial charge is 0.457 e. The molecule has 1 heterocycles. The van der Waals surface area contributed by atoms with Gasteiger partial charge in [0.05, 0.1) is 11.1 Å². The molecule has 7 aromatic rings. The van der Waals surface area contributed by atoms with Crippen molar-refractivity contribution in [1.29, 1.82) is 0 Å². The average molecular weight is 832 g/mol. The standard InChI is InChI=1S/C62H57NO/c1-58(2)30-31-59(3,4)50-35-43(26-28-47(50)58)63(52-24-15-23-49-57(52)45-20-11-12-21-46(45)61(49,41-16-7-5-8-17-41)42-18-9-6-10-19-42)44-27-29-54-51(36-44)62(48-22-13-14-25-53(48)64-54)55-33-39-32-40-34-56(62)60(55,37-39)38-40/h5-29,35-36,39-40,55-56H,30-34,37-38H2,1-4H3. The van der Waals surface area contributed by atoms with Crippen LogP contribution in [0.1, 0.15) is 117 Å². The van der Waals surface area contributed by atoms with Crippen molar-refractivity contribution < 1.29 is 4.74 Å². The first-order chi connectivity index (χ1) is 31.1. The van der Waals surface area contributed by atoms with Gasteiger partial charge in [-0.25, -0.2) is 0 Å². The van der Waals surface area contributed by atoms with Crippen LogP contribution in [0.4, 0.5) is 17.1 Å². The average Bonchev–Trinajstić information content (AvgIpc) is 3.86. The summed E-state index contributed by atoms with van der Waals surface area (Å²) in [6.07, 6.45) is 9.40. The Hall–Kier alpha value is -5.86. The van der Waals surface area contributed by atoms with Crippen molar-refractivity contribution in [2.45, 2.75) is 94.3 Å². The maximum Gasteiger partial charge on any atom is 0.131 e. The molecule has 0 amide bonds. The second-order valence-electron chi connectivity index (χ2n) is 22.4. The summed E-state index contributed by atoms with van der Waals surface area (Å²) in [6, 6.07) is 62.9. The molecule has 0 N–H and O–H groups in total. The van der Waals surface area contributed by atoms with E-state index in [1.165, 1.54) is 118 Å². The summed E-state index contributed by atoms with van der Waals surface area (Å²) in [5, 5.41) is 0. The van der Waals surface area contributed by atoms with E-state index in [-0.39, 0.29) is 16.2 Å². The predicted octanol–water partition coefficient (Wildman–Crippen LogP) is 15.7. The Morgan fingerprint density at radius 1 is 0.469 bits per heavy atom. The monoisotopic (exact) mass is 831 g/mol. The number of rotatable bonds is 5. The Balaban J connectivity index is 1.05. The van der Waals surface area contributed by atoms with Gasteiger partial charge < -0.3 is 9.64 Å². The highest BCUT2D eigenvalue weighted by molar-refractivity contribution is 5.97. The van der Waals surface area contributed by atoms with E-state index in [9.17, 15) is 0 Å². The summed E-state index contributed by atoms with van der Waals surface area (Å²) >= 11 is 0. The molecule has 3 bridgehead atoms. The number of hydrogen-bond donors (Lipinski definition) is 0. The Bertz CT molecular complexity index is 3000. The van der Waals surface area contributed by atoms with Crippen LogP contribution >= 0.6 is 0 Å². The van der Waals surface area contributed by atoms with Gasteiger partial charge in [-0.15, -0.1) is 0 Å². The second-order valence-corrected chi connectivity index (χ2v) is 22.4. The lowest BCUT2D eigenvalue weighted by Crippen LogP contribution is -2.64. The van der Waals surface area contributed by atoms with Gasteiger partial charge in [0.15, 0.2) is 0 Å². The number of ether oxygens (including phenoxy) is 1. The van der Waals surface area contributed by atoms with Gasteiger partial charge >= 0.3 is 0 Å². The zero-order valence-electron chi connectivity index (χ0n) is 37.7. The van der Waals surface area contributed by atoms with E-state index in [1.54, 1.807) is 0 Å². The molecule has 1 aliphatic heterocycles. The molecule has 4 fully saturated rings. The molecule has 4 saturated carbocycles. The lowest BCUT2D eigenvalue weighted by molar-refractivity contribution is -0.0882. The first-order valence-corrected chi connectivity index (χ1v) is 24.4. The van der Waals surface area contributed by atoms with Crippen LogP contribution in [-0.4, -0.2) is 0 Å². The molecule has 14 rings (SSSR count). The van der Waals surface area contributed by atoms with Crippen LogP contribution in [0, 0.1) is 29.1 Å². The van der Waals surface area contributed by atoms with Crippen molar-refractivity contribution >= 4 is 17.1 Å². The van der Waals surface area contributed by atoms with Crippen molar-refractivity contribution in [2.75, 3.05) is 4.90 Å². The van der Waals surface area contributed by atoms with E-state index in [2.05, 4.69) is 196 Å². The Morgan fingerprint density at radius 3 is 1.73 bits per heavy atom. The van der Waals surface area contributed by atoms with Gasteiger partial charge in [-0.2, -0.15) is 0 Å². The summed E-state index contributed by atoms with van der Waals surface area (Å²) in [5.74, 6) is 5.20. The van der Waals surface area contributed by atoms with E-state index in [0.717, 1.165) is 23.3 Å². The molecule has 7 aromatic carbocycles. The molecule has 2 heteroatoms. The predicted molar refractivity (Wildman–Crippen MR) is 260 cm³/mol. The molecule has 7 aliphatic rings. The molecule has 0 aromatic heterocycles. The van der Waals surface area contributed by atoms with Crippen LogP contribution in [0.3, 0.4) is 0 Å². The number of anilines is 3. The summed E-state index contributed by atoms with van der Waals surface area (Å²) in [6.45, 7) is 9.82. The fraction of sp³-hybridized carbons (Fsp3) is 0.323. The normalized spacial score (nSPS) is 28.2. The van der Waals surface area contributed by atoms with Crippen molar-refractivity contribution in [2.24, 2.45) is 29.1 Å². The van der Waals surface area contributed by atoms with E-state index < -0.39 is 5.41 Å². The Kier molecular flexibility index (Phi) is 7.44. The van der Waals surface area contributed by atoms with Crippen LogP contribution in [0.5, 0.6) is 11.5 Å². The molecule has 6 aliphatic carbocycles. The lowest BCUT2D eigenvalue weighted by Gasteiger charge is -2.66. The Morgan fingerprint density at radius 2 is 1.03 bits per heavy atom. The molecule has 0 saturated heterocycles. The zero-order valence-corrected chi connectivity index (χ0v) is 37.7. The van der Waals surface area contributed by atoms with Crippen molar-refractivity contribution in [3.05, 3.63) is 208 Å². The summed E-state index contributed by atoms with van der Waals surface area (Å²) in [4.78, 5) is 2.65. The number of nitrogens with zero attached hydrogens (tertiary/aromatic N) is 1. The molecule has 316 valence electrons. The van der Waals surface area contributed by atoms with E-state index in [1.807, 2.05) is 0 Å². The smallest absolute Gasteiger partial charge is 0.131 e. The van der Waals surface area contributed by atoms with Crippen molar-refractivity contribution in [3.63, 3.8) is 0 Å². The van der Waals surface area contributed by atoms with Crippen molar-refractivity contribution in [3.8, 4) is 22.6 Å². The minimum atomic E-state index is -0.490. The third-order valence-corrected chi connectivity index (χ3v) is 18.6. The van der Waals surface area contributed by atoms with E-state index >= 15 is 0 Å². The lowest BCUT2D eigenvalue weighted by atomic mass is 9.37. The fourth-order valence-electron chi connectivity index (χ4n) is 16.3. The van der Waals surface area contributed by atoms with E-state index in [4.69, 9.17) is 4.74 Å². The molecule has 4 atom stereocenters. The van der Waals surface area contributed by atoms with Gasteiger partial charge in [0.1, 0.15) is 11.5 Å². The first kappa shape index (κ1) is 37.5. The van der Waals surface area contributed by atoms with Crippen LogP contribution < -0.4 is 9.64 Å². The summed E-state index contributed by atoms with van der Waals surface area (Å²) in [5.41, 5.74) is 17.5. The highest BCUT2D eigenvalue weighted by Gasteiger charge is 2.79. The molecule has 64 heavy (non-hydrogen) atoms. The first-order valence-electron chi connectivity index (χ1n) is 24.4. The van der Waals surface area contributed by atoms with Crippen molar-refractivity contribution in [1.82, 2.24) is 0 Å². The number of hydrogen-bond acceptors (Lipinski definition) is 2. The molecular weight excluding hydrogens is 775 g/mol. The molecule has 4 unspecified atom stereocenters. The number of fused-ring (bicyclic) bond motifs is 12. The highest BCUT2D eigenvalue weighted by Crippen LogP contribution is 2.85. The summed E-state index contributed by atoms with van der Waals surface area (Å²) < 4.78 is 7.04. The number of para-hydroxylation sites is 1. The molecule has 0 radical (unpaired) electrons. The molecular formula is C62H57NO. The fourth-order valence-corrected chi connectivity index (χ4v) is 16.3. The minimum absolute atomic E-state index is 0.0291. The summed E-state index contributed by atoms with van der Waals surface area (Å²) in [7, 11) is 0.